The molecule has 0 saturated heterocycles. The summed E-state index contributed by atoms with van der Waals surface area (Å²) < 4.78 is 9.70. The van der Waals surface area contributed by atoms with E-state index < -0.39 is 11.2 Å². The van der Waals surface area contributed by atoms with Gasteiger partial charge in [0, 0.05) is 7.05 Å². The van der Waals surface area contributed by atoms with Gasteiger partial charge in [0.15, 0.2) is 11.2 Å². The highest BCUT2D eigenvalue weighted by Gasteiger charge is 2.21. The molecule has 0 saturated carbocycles. The van der Waals surface area contributed by atoms with Crippen molar-refractivity contribution in [3.8, 4) is 0 Å². The number of fused-ring (bicyclic) bond motifs is 3. The Morgan fingerprint density at radius 3 is 2.58 bits per heavy atom. The molecule has 4 rings (SSSR count). The van der Waals surface area contributed by atoms with Gasteiger partial charge in [-0.25, -0.2) is 4.79 Å². The molecular weight excluding hydrogens is 379 g/mol. The molecule has 0 aliphatic carbocycles. The summed E-state index contributed by atoms with van der Waals surface area (Å²) in [5, 5.41) is 0.774. The number of hydrogen-bond donors (Lipinski definition) is 0. The Morgan fingerprint density at radius 1 is 1.15 bits per heavy atom. The number of oxazole rings is 1. The van der Waals surface area contributed by atoms with Crippen LogP contribution in [0.15, 0.2) is 32.2 Å². The minimum atomic E-state index is -0.469. The molecule has 0 aliphatic rings. The van der Waals surface area contributed by atoms with Crippen LogP contribution in [0.3, 0.4) is 0 Å². The molecule has 0 fully saturated rings. The second-order valence-electron chi connectivity index (χ2n) is 6.13. The van der Waals surface area contributed by atoms with E-state index in [2.05, 4.69) is 4.98 Å². The highest BCUT2D eigenvalue weighted by atomic mass is 35.5. The number of rotatable bonds is 2. The second kappa shape index (κ2) is 5.75. The van der Waals surface area contributed by atoms with E-state index in [1.165, 1.54) is 4.57 Å². The molecule has 1 aromatic carbocycles. The zero-order chi connectivity index (χ0) is 18.7. The molecule has 0 unspecified atom stereocenters. The van der Waals surface area contributed by atoms with Crippen LogP contribution in [-0.2, 0) is 13.6 Å². The van der Waals surface area contributed by atoms with Gasteiger partial charge in [-0.2, -0.15) is 4.98 Å². The van der Waals surface area contributed by atoms with Gasteiger partial charge < -0.3 is 4.42 Å². The van der Waals surface area contributed by atoms with Crippen molar-refractivity contribution < 1.29 is 4.42 Å². The standard InChI is InChI=1S/C17H14Cl2N4O3/c1-8-9(2)26-16-20-14-13(23(8)16)15(24)22(17(25)21(14)3)7-10-4-5-11(18)12(19)6-10/h4-6H,7H2,1-3H3. The summed E-state index contributed by atoms with van der Waals surface area (Å²) in [4.78, 5) is 30.1. The Morgan fingerprint density at radius 2 is 1.88 bits per heavy atom. The lowest BCUT2D eigenvalue weighted by molar-refractivity contribution is 0.561. The van der Waals surface area contributed by atoms with Crippen molar-refractivity contribution in [3.63, 3.8) is 0 Å². The van der Waals surface area contributed by atoms with Gasteiger partial charge in [0.05, 0.1) is 22.3 Å². The van der Waals surface area contributed by atoms with E-state index in [0.717, 1.165) is 10.3 Å². The summed E-state index contributed by atoms with van der Waals surface area (Å²) >= 11 is 12.0. The van der Waals surface area contributed by atoms with Crippen LogP contribution in [0, 0.1) is 13.8 Å². The monoisotopic (exact) mass is 392 g/mol. The molecule has 3 aromatic heterocycles. The summed E-state index contributed by atoms with van der Waals surface area (Å²) in [6.45, 7) is 3.70. The molecule has 134 valence electrons. The smallest absolute Gasteiger partial charge is 0.332 e. The highest BCUT2D eigenvalue weighted by molar-refractivity contribution is 6.42. The third-order valence-electron chi connectivity index (χ3n) is 4.53. The maximum absolute atomic E-state index is 13.1. The van der Waals surface area contributed by atoms with E-state index in [0.29, 0.717) is 26.9 Å². The maximum atomic E-state index is 13.1. The van der Waals surface area contributed by atoms with Gasteiger partial charge in [0.1, 0.15) is 5.76 Å². The van der Waals surface area contributed by atoms with Crippen molar-refractivity contribution in [2.24, 2.45) is 7.05 Å². The van der Waals surface area contributed by atoms with E-state index in [1.54, 1.807) is 36.6 Å². The zero-order valence-corrected chi connectivity index (χ0v) is 15.7. The van der Waals surface area contributed by atoms with Crippen LogP contribution in [0.1, 0.15) is 17.0 Å². The van der Waals surface area contributed by atoms with Crippen LogP contribution in [-0.4, -0.2) is 18.5 Å². The Kier molecular flexibility index (Phi) is 3.75. The van der Waals surface area contributed by atoms with Gasteiger partial charge in [-0.3, -0.25) is 18.3 Å². The first kappa shape index (κ1) is 16.9. The molecule has 0 N–H and O–H groups in total. The first-order valence-corrected chi connectivity index (χ1v) is 8.57. The lowest BCUT2D eigenvalue weighted by Gasteiger charge is -2.09. The summed E-state index contributed by atoms with van der Waals surface area (Å²) in [5.74, 6) is 0.952. The van der Waals surface area contributed by atoms with Gasteiger partial charge >= 0.3 is 11.5 Å². The Labute approximate surface area is 157 Å². The van der Waals surface area contributed by atoms with Crippen molar-refractivity contribution in [3.05, 3.63) is 66.1 Å². The largest absolute Gasteiger partial charge is 0.428 e. The first-order chi connectivity index (χ1) is 12.3. The number of hydrogen-bond acceptors (Lipinski definition) is 4. The van der Waals surface area contributed by atoms with Crippen LogP contribution < -0.4 is 11.2 Å². The molecule has 9 heteroatoms. The Bertz CT molecular complexity index is 1310. The van der Waals surface area contributed by atoms with Crippen LogP contribution >= 0.6 is 23.2 Å². The number of aromatic nitrogens is 4. The predicted molar refractivity (Wildman–Crippen MR) is 99.5 cm³/mol. The Balaban J connectivity index is 2.03. The number of imidazole rings is 1. The lowest BCUT2D eigenvalue weighted by atomic mass is 10.2. The number of nitrogens with zero attached hydrogens (tertiary/aromatic N) is 4. The first-order valence-electron chi connectivity index (χ1n) is 7.81. The van der Waals surface area contributed by atoms with Gasteiger partial charge in [0.2, 0.25) is 0 Å². The molecule has 0 spiro atoms. The zero-order valence-electron chi connectivity index (χ0n) is 14.2. The van der Waals surface area contributed by atoms with Crippen LogP contribution in [0.4, 0.5) is 0 Å². The number of aryl methyl sites for hydroxylation is 3. The lowest BCUT2D eigenvalue weighted by Crippen LogP contribution is -2.39. The van der Waals surface area contributed by atoms with E-state index in [9.17, 15) is 9.59 Å². The maximum Gasteiger partial charge on any atom is 0.332 e. The molecule has 7 nitrogen and oxygen atoms in total. The molecule has 26 heavy (non-hydrogen) atoms. The van der Waals surface area contributed by atoms with Crippen molar-refractivity contribution in [2.45, 2.75) is 20.4 Å². The summed E-state index contributed by atoms with van der Waals surface area (Å²) in [6.07, 6.45) is 0. The second-order valence-corrected chi connectivity index (χ2v) is 6.94. The molecular formula is C17H14Cl2N4O3. The summed E-state index contributed by atoms with van der Waals surface area (Å²) in [7, 11) is 1.57. The van der Waals surface area contributed by atoms with E-state index in [4.69, 9.17) is 27.6 Å². The topological polar surface area (TPSA) is 74.4 Å². The van der Waals surface area contributed by atoms with Crippen LogP contribution in [0.5, 0.6) is 0 Å². The fraction of sp³-hybridized carbons (Fsp3) is 0.235. The third kappa shape index (κ3) is 2.31. The fourth-order valence-electron chi connectivity index (χ4n) is 3.01. The molecule has 0 atom stereocenters. The minimum Gasteiger partial charge on any atom is -0.428 e. The molecule has 0 aliphatic heterocycles. The molecule has 0 radical (unpaired) electrons. The molecule has 3 heterocycles. The third-order valence-corrected chi connectivity index (χ3v) is 5.26. The van der Waals surface area contributed by atoms with E-state index in [1.807, 2.05) is 6.92 Å². The van der Waals surface area contributed by atoms with Crippen molar-refractivity contribution in [1.29, 1.82) is 0 Å². The summed E-state index contributed by atoms with van der Waals surface area (Å²) in [6, 6.07) is 5.00. The number of benzene rings is 1. The average molecular weight is 393 g/mol. The normalized spacial score (nSPS) is 11.7. The number of halogens is 2. The van der Waals surface area contributed by atoms with Gasteiger partial charge in [-0.1, -0.05) is 29.3 Å². The average Bonchev–Trinajstić information content (AvgIpc) is 3.10. The van der Waals surface area contributed by atoms with Gasteiger partial charge in [0.25, 0.3) is 5.56 Å². The molecule has 4 aromatic rings. The minimum absolute atomic E-state index is 0.0709. The SMILES string of the molecule is Cc1oc2nc3c(c(=O)n(Cc4ccc(Cl)c(Cl)c4)c(=O)n3C)n2c1C. The summed E-state index contributed by atoms with van der Waals surface area (Å²) in [5.41, 5.74) is 1.14. The van der Waals surface area contributed by atoms with Crippen molar-refractivity contribution >= 4 is 40.2 Å². The fourth-order valence-corrected chi connectivity index (χ4v) is 3.33. The van der Waals surface area contributed by atoms with Gasteiger partial charge in [-0.15, -0.1) is 0 Å². The Hall–Kier alpha value is -2.51. The van der Waals surface area contributed by atoms with Crippen LogP contribution in [0.25, 0.3) is 17.0 Å². The highest BCUT2D eigenvalue weighted by Crippen LogP contribution is 2.23. The van der Waals surface area contributed by atoms with Gasteiger partial charge in [-0.05, 0) is 31.5 Å². The molecule has 0 bridgehead atoms. The molecule has 0 amide bonds. The van der Waals surface area contributed by atoms with Crippen LogP contribution in [0.2, 0.25) is 10.0 Å². The quantitative estimate of drug-likeness (QED) is 0.525. The predicted octanol–water partition coefficient (Wildman–Crippen LogP) is 2.91. The van der Waals surface area contributed by atoms with E-state index in [-0.39, 0.29) is 18.0 Å². The van der Waals surface area contributed by atoms with Crippen molar-refractivity contribution in [1.82, 2.24) is 18.5 Å². The van der Waals surface area contributed by atoms with E-state index >= 15 is 0 Å². The van der Waals surface area contributed by atoms with Crippen molar-refractivity contribution in [2.75, 3.05) is 0 Å².